The first-order chi connectivity index (χ1) is 15.1. The lowest BCUT2D eigenvalue weighted by Gasteiger charge is -2.37. The number of Topliss-reactive ketones (excluding diaryl/α,β-unsaturated/α-hetero) is 1. The first kappa shape index (κ1) is 21.5. The number of rotatable bonds is 7. The molecule has 0 bridgehead atoms. The number of likely N-dealkylation sites (tertiary alicyclic amines) is 1. The van der Waals surface area contributed by atoms with Crippen LogP contribution in [0.2, 0.25) is 0 Å². The van der Waals surface area contributed by atoms with Crippen LogP contribution in [0.3, 0.4) is 0 Å². The number of nitrogens with zero attached hydrogens (tertiary/aromatic N) is 1. The molecule has 1 aromatic rings. The van der Waals surface area contributed by atoms with Crippen LogP contribution in [0.25, 0.3) is 0 Å². The maximum absolute atomic E-state index is 12.4. The van der Waals surface area contributed by atoms with E-state index in [0.717, 1.165) is 31.1 Å². The fourth-order valence-electron chi connectivity index (χ4n) is 6.43. The van der Waals surface area contributed by atoms with Crippen LogP contribution in [0, 0.1) is 11.8 Å². The van der Waals surface area contributed by atoms with Crippen molar-refractivity contribution < 1.29 is 14.6 Å². The van der Waals surface area contributed by atoms with Crippen molar-refractivity contribution in [3.05, 3.63) is 29.3 Å². The fraction of sp³-hybridized carbons (Fsp3) is 0.741. The summed E-state index contributed by atoms with van der Waals surface area (Å²) < 4.78 is 5.77. The average molecular weight is 426 g/mol. The van der Waals surface area contributed by atoms with E-state index in [9.17, 15) is 9.90 Å². The van der Waals surface area contributed by atoms with Gasteiger partial charge in [-0.25, -0.2) is 0 Å². The van der Waals surface area contributed by atoms with Crippen molar-refractivity contribution in [3.63, 3.8) is 0 Å². The highest BCUT2D eigenvalue weighted by atomic mass is 16.5. The van der Waals surface area contributed by atoms with E-state index in [2.05, 4.69) is 23.1 Å². The Kier molecular flexibility index (Phi) is 6.39. The third kappa shape index (κ3) is 4.71. The minimum atomic E-state index is -0.949. The Morgan fingerprint density at radius 2 is 1.81 bits per heavy atom. The van der Waals surface area contributed by atoms with Gasteiger partial charge in [-0.3, -0.25) is 4.79 Å². The van der Waals surface area contributed by atoms with Crippen LogP contribution in [-0.4, -0.2) is 47.6 Å². The fourth-order valence-corrected chi connectivity index (χ4v) is 6.43. The molecule has 0 spiro atoms. The number of benzene rings is 1. The molecule has 4 nitrogen and oxygen atoms in total. The highest BCUT2D eigenvalue weighted by Crippen LogP contribution is 2.39. The molecular formula is C27H39NO3. The second-order valence-corrected chi connectivity index (χ2v) is 10.7. The molecule has 5 rings (SSSR count). The van der Waals surface area contributed by atoms with E-state index in [1.165, 1.54) is 70.1 Å². The zero-order chi connectivity index (χ0) is 21.3. The van der Waals surface area contributed by atoms with E-state index in [1.54, 1.807) is 5.56 Å². The summed E-state index contributed by atoms with van der Waals surface area (Å²) in [6, 6.07) is 6.63. The summed E-state index contributed by atoms with van der Waals surface area (Å²) in [6.45, 7) is 4.52. The molecule has 1 N–H and O–H groups in total. The second kappa shape index (κ2) is 9.23. The zero-order valence-corrected chi connectivity index (χ0v) is 19.0. The molecule has 2 heterocycles. The number of ether oxygens (including phenoxy) is 1. The first-order valence-corrected chi connectivity index (χ1v) is 12.8. The predicted octanol–water partition coefficient (Wildman–Crippen LogP) is 4.87. The number of fused-ring (bicyclic) bond motifs is 1. The van der Waals surface area contributed by atoms with Crippen LogP contribution in [0.15, 0.2) is 18.2 Å². The van der Waals surface area contributed by atoms with Crippen molar-refractivity contribution in [1.82, 2.24) is 4.90 Å². The number of hydrogen-bond acceptors (Lipinski definition) is 4. The Labute approximate surface area is 187 Å². The SMILES string of the molecule is O=C(CC1CCC(CCN2CCC(c3cccc4c3CCO4)CC2)CC1)C1(O)CCC1. The lowest BCUT2D eigenvalue weighted by Crippen LogP contribution is -2.45. The number of hydrogen-bond donors (Lipinski definition) is 1. The van der Waals surface area contributed by atoms with Crippen LogP contribution in [0.1, 0.15) is 87.7 Å². The molecular weight excluding hydrogens is 386 g/mol. The highest BCUT2D eigenvalue weighted by molar-refractivity contribution is 5.88. The molecule has 4 heteroatoms. The van der Waals surface area contributed by atoms with Crippen molar-refractivity contribution in [2.24, 2.45) is 11.8 Å². The molecule has 1 saturated heterocycles. The number of aliphatic hydroxyl groups is 1. The largest absolute Gasteiger partial charge is 0.493 e. The van der Waals surface area contributed by atoms with E-state index in [1.807, 2.05) is 0 Å². The van der Waals surface area contributed by atoms with Gasteiger partial charge in [0, 0.05) is 18.4 Å². The molecule has 31 heavy (non-hydrogen) atoms. The third-order valence-electron chi connectivity index (χ3n) is 8.80. The average Bonchev–Trinajstić information content (AvgIpc) is 3.26. The van der Waals surface area contributed by atoms with Crippen LogP contribution in [0.4, 0.5) is 0 Å². The van der Waals surface area contributed by atoms with Gasteiger partial charge >= 0.3 is 0 Å². The minimum Gasteiger partial charge on any atom is -0.493 e. The van der Waals surface area contributed by atoms with E-state index in [0.29, 0.717) is 31.1 Å². The van der Waals surface area contributed by atoms with Gasteiger partial charge < -0.3 is 14.7 Å². The van der Waals surface area contributed by atoms with Crippen LogP contribution >= 0.6 is 0 Å². The van der Waals surface area contributed by atoms with Crippen molar-refractivity contribution in [1.29, 1.82) is 0 Å². The van der Waals surface area contributed by atoms with Gasteiger partial charge in [-0.1, -0.05) is 25.0 Å². The van der Waals surface area contributed by atoms with Gasteiger partial charge in [0.25, 0.3) is 0 Å². The number of ketones is 1. The van der Waals surface area contributed by atoms with Gasteiger partial charge in [-0.2, -0.15) is 0 Å². The van der Waals surface area contributed by atoms with Crippen LogP contribution < -0.4 is 4.74 Å². The highest BCUT2D eigenvalue weighted by Gasteiger charge is 2.42. The number of carbonyl (C=O) groups excluding carboxylic acids is 1. The topological polar surface area (TPSA) is 49.8 Å². The Morgan fingerprint density at radius 3 is 2.52 bits per heavy atom. The van der Waals surface area contributed by atoms with Crippen molar-refractivity contribution in [2.45, 2.75) is 88.6 Å². The van der Waals surface area contributed by atoms with Crippen molar-refractivity contribution >= 4 is 5.78 Å². The van der Waals surface area contributed by atoms with Crippen LogP contribution in [-0.2, 0) is 11.2 Å². The maximum atomic E-state index is 12.4. The number of piperidine rings is 1. The Morgan fingerprint density at radius 1 is 1.06 bits per heavy atom. The molecule has 0 atom stereocenters. The van der Waals surface area contributed by atoms with E-state index >= 15 is 0 Å². The first-order valence-electron chi connectivity index (χ1n) is 12.8. The van der Waals surface area contributed by atoms with E-state index in [-0.39, 0.29) is 5.78 Å². The molecule has 2 aliphatic carbocycles. The predicted molar refractivity (Wildman–Crippen MR) is 123 cm³/mol. The Bertz CT molecular complexity index is 771. The van der Waals surface area contributed by atoms with Gasteiger partial charge in [0.05, 0.1) is 6.61 Å². The molecule has 2 aliphatic heterocycles. The van der Waals surface area contributed by atoms with Gasteiger partial charge in [0.2, 0.25) is 0 Å². The van der Waals surface area contributed by atoms with Crippen molar-refractivity contribution in [3.8, 4) is 5.75 Å². The molecule has 4 aliphatic rings. The molecule has 0 amide bonds. The minimum absolute atomic E-state index is 0.126. The quantitative estimate of drug-likeness (QED) is 0.677. The van der Waals surface area contributed by atoms with Gasteiger partial charge in [0.1, 0.15) is 11.4 Å². The lowest BCUT2D eigenvalue weighted by molar-refractivity contribution is -0.147. The van der Waals surface area contributed by atoms with Gasteiger partial charge in [-0.15, -0.1) is 0 Å². The molecule has 0 aromatic heterocycles. The summed E-state index contributed by atoms with van der Waals surface area (Å²) in [4.78, 5) is 15.0. The number of carbonyl (C=O) groups is 1. The van der Waals surface area contributed by atoms with Gasteiger partial charge in [-0.05, 0) is 100 Å². The molecule has 1 aromatic carbocycles. The molecule has 3 fully saturated rings. The lowest BCUT2D eigenvalue weighted by atomic mass is 9.72. The third-order valence-corrected chi connectivity index (χ3v) is 8.80. The molecule has 0 radical (unpaired) electrons. The van der Waals surface area contributed by atoms with Crippen LogP contribution in [0.5, 0.6) is 5.75 Å². The smallest absolute Gasteiger partial charge is 0.164 e. The summed E-state index contributed by atoms with van der Waals surface area (Å²) >= 11 is 0. The monoisotopic (exact) mass is 425 g/mol. The Hall–Kier alpha value is -1.39. The summed E-state index contributed by atoms with van der Waals surface area (Å²) in [5, 5.41) is 10.3. The summed E-state index contributed by atoms with van der Waals surface area (Å²) in [6.07, 6.45) is 12.8. The van der Waals surface area contributed by atoms with Gasteiger partial charge in [0.15, 0.2) is 5.78 Å². The molecule has 0 unspecified atom stereocenters. The summed E-state index contributed by atoms with van der Waals surface area (Å²) in [5.74, 6) is 3.29. The van der Waals surface area contributed by atoms with Crippen molar-refractivity contribution in [2.75, 3.05) is 26.2 Å². The summed E-state index contributed by atoms with van der Waals surface area (Å²) in [5.41, 5.74) is 2.07. The maximum Gasteiger partial charge on any atom is 0.164 e. The molecule has 2 saturated carbocycles. The second-order valence-electron chi connectivity index (χ2n) is 10.7. The zero-order valence-electron chi connectivity index (χ0n) is 19.0. The van der Waals surface area contributed by atoms with E-state index < -0.39 is 5.60 Å². The summed E-state index contributed by atoms with van der Waals surface area (Å²) in [7, 11) is 0. The Balaban J connectivity index is 1.02. The molecule has 170 valence electrons. The standard InChI is InChI=1S/C27H39NO3/c29-26(27(30)13-2-14-27)19-21-7-5-20(6-8-21)9-15-28-16-10-22(11-17-28)23-3-1-4-25-24(23)12-18-31-25/h1,3-4,20-22,30H,2,5-19H2. The normalized spacial score (nSPS) is 28.5. The van der Waals surface area contributed by atoms with E-state index in [4.69, 9.17) is 4.74 Å².